The topological polar surface area (TPSA) is 67.4 Å². The molecule has 5 nitrogen and oxygen atoms in total. The number of hydrogen-bond acceptors (Lipinski definition) is 3. The van der Waals surface area contributed by atoms with Crippen molar-refractivity contribution in [2.45, 2.75) is 64.5 Å². The van der Waals surface area contributed by atoms with Crippen LogP contribution in [0, 0.1) is 5.41 Å². The lowest BCUT2D eigenvalue weighted by Gasteiger charge is -2.27. The Bertz CT molecular complexity index is 396. The van der Waals surface area contributed by atoms with Gasteiger partial charge in [0.2, 0.25) is 12.3 Å². The van der Waals surface area contributed by atoms with Crippen LogP contribution in [0.3, 0.4) is 0 Å². The lowest BCUT2D eigenvalue weighted by molar-refractivity contribution is -0.132. The van der Waals surface area contributed by atoms with Crippen LogP contribution in [-0.4, -0.2) is 37.1 Å². The van der Waals surface area contributed by atoms with Crippen LogP contribution in [0.15, 0.2) is 0 Å². The van der Waals surface area contributed by atoms with Gasteiger partial charge in [-0.2, -0.15) is 0 Å². The summed E-state index contributed by atoms with van der Waals surface area (Å²) in [7, 11) is 1.43. The molecule has 0 aliphatic heterocycles. The van der Waals surface area contributed by atoms with E-state index in [1.54, 1.807) is 20.8 Å². The molecular formula is C14H24F2N2O3. The fourth-order valence-corrected chi connectivity index (χ4v) is 2.77. The summed E-state index contributed by atoms with van der Waals surface area (Å²) in [4.78, 5) is 23.6. The van der Waals surface area contributed by atoms with Gasteiger partial charge in [-0.15, -0.1) is 0 Å². The molecule has 122 valence electrons. The van der Waals surface area contributed by atoms with Gasteiger partial charge in [0.05, 0.1) is 5.41 Å². The zero-order chi connectivity index (χ0) is 16.3. The first-order chi connectivity index (χ1) is 9.58. The smallest absolute Gasteiger partial charge is 0.407 e. The molecule has 1 aliphatic rings. The molecule has 0 unspecified atom stereocenters. The van der Waals surface area contributed by atoms with E-state index >= 15 is 0 Å². The van der Waals surface area contributed by atoms with E-state index in [4.69, 9.17) is 4.74 Å². The molecule has 0 aromatic heterocycles. The minimum Gasteiger partial charge on any atom is -0.444 e. The summed E-state index contributed by atoms with van der Waals surface area (Å²) in [6.45, 7) is 5.23. The van der Waals surface area contributed by atoms with E-state index in [-0.39, 0.29) is 12.5 Å². The number of carbonyl (C=O) groups is 2. The number of hydrogen-bond donors (Lipinski definition) is 2. The number of carbonyl (C=O) groups excluding carboxylic acids is 2. The van der Waals surface area contributed by atoms with Crippen LogP contribution in [0.1, 0.15) is 46.5 Å². The highest BCUT2D eigenvalue weighted by molar-refractivity contribution is 5.83. The first-order valence-electron chi connectivity index (χ1n) is 7.08. The largest absolute Gasteiger partial charge is 0.444 e. The summed E-state index contributed by atoms with van der Waals surface area (Å²) in [6.07, 6.45) is -2.61. The van der Waals surface area contributed by atoms with E-state index in [0.717, 1.165) is 0 Å². The summed E-state index contributed by atoms with van der Waals surface area (Å²) in [5, 5.41) is 5.11. The van der Waals surface area contributed by atoms with E-state index in [2.05, 4.69) is 10.6 Å². The highest BCUT2D eigenvalue weighted by Gasteiger charge is 2.47. The first kappa shape index (κ1) is 17.7. The molecule has 0 aromatic carbocycles. The van der Waals surface area contributed by atoms with Gasteiger partial charge in [0.25, 0.3) is 0 Å². The number of alkyl halides is 2. The van der Waals surface area contributed by atoms with Crippen molar-refractivity contribution in [2.24, 2.45) is 5.41 Å². The van der Waals surface area contributed by atoms with Crippen LogP contribution in [0.5, 0.6) is 0 Å². The lowest BCUT2D eigenvalue weighted by atomic mass is 9.81. The molecule has 1 saturated carbocycles. The highest BCUT2D eigenvalue weighted by Crippen LogP contribution is 2.43. The number of rotatable bonds is 4. The number of halogens is 2. The molecule has 1 aliphatic carbocycles. The Morgan fingerprint density at radius 2 is 2.00 bits per heavy atom. The molecule has 0 bridgehead atoms. The third kappa shape index (κ3) is 5.13. The lowest BCUT2D eigenvalue weighted by Crippen LogP contribution is -2.42. The third-order valence-electron chi connectivity index (χ3n) is 3.58. The second kappa shape index (κ2) is 6.58. The number of nitrogens with one attached hydrogen (secondary N) is 2. The fraction of sp³-hybridized carbons (Fsp3) is 0.857. The van der Waals surface area contributed by atoms with Gasteiger partial charge < -0.3 is 15.4 Å². The maximum atomic E-state index is 12.7. The second-order valence-electron chi connectivity index (χ2n) is 6.54. The zero-order valence-electron chi connectivity index (χ0n) is 13.0. The van der Waals surface area contributed by atoms with Gasteiger partial charge in [0.15, 0.2) is 0 Å². The monoisotopic (exact) mass is 306 g/mol. The minimum absolute atomic E-state index is 0.205. The van der Waals surface area contributed by atoms with Gasteiger partial charge in [-0.3, -0.25) is 4.79 Å². The van der Waals surface area contributed by atoms with Crippen LogP contribution >= 0.6 is 0 Å². The van der Waals surface area contributed by atoms with Gasteiger partial charge in [-0.25, -0.2) is 13.6 Å². The molecule has 0 spiro atoms. The van der Waals surface area contributed by atoms with E-state index in [1.807, 2.05) is 0 Å². The average Bonchev–Trinajstić information content (AvgIpc) is 2.68. The maximum Gasteiger partial charge on any atom is 0.407 e. The molecule has 1 fully saturated rings. The Kier molecular flexibility index (Phi) is 5.53. The summed E-state index contributed by atoms with van der Waals surface area (Å²) >= 11 is 0. The van der Waals surface area contributed by atoms with Gasteiger partial charge in [-0.1, -0.05) is 0 Å². The van der Waals surface area contributed by atoms with Crippen molar-refractivity contribution >= 4 is 12.0 Å². The van der Waals surface area contributed by atoms with Crippen LogP contribution in [0.4, 0.5) is 13.6 Å². The summed E-state index contributed by atoms with van der Waals surface area (Å²) in [5.74, 6) is -0.392. The Morgan fingerprint density at radius 3 is 2.48 bits per heavy atom. The van der Waals surface area contributed by atoms with E-state index in [9.17, 15) is 18.4 Å². The van der Waals surface area contributed by atoms with Crippen molar-refractivity contribution in [3.05, 3.63) is 0 Å². The van der Waals surface area contributed by atoms with Crippen LogP contribution in [0.25, 0.3) is 0 Å². The molecule has 2 amide bonds. The summed E-state index contributed by atoms with van der Waals surface area (Å²) in [5.41, 5.74) is -1.73. The van der Waals surface area contributed by atoms with Gasteiger partial charge in [0.1, 0.15) is 5.60 Å². The Balaban J connectivity index is 2.66. The van der Waals surface area contributed by atoms with Gasteiger partial charge >= 0.3 is 6.09 Å². The van der Waals surface area contributed by atoms with E-state index in [1.165, 1.54) is 7.05 Å². The SMILES string of the molecule is CNC(=O)[C@]1(CC(F)F)CC[C@@H](NC(=O)OC(C)(C)C)C1. The average molecular weight is 306 g/mol. The molecule has 0 heterocycles. The van der Waals surface area contributed by atoms with Gasteiger partial charge in [0, 0.05) is 19.5 Å². The van der Waals surface area contributed by atoms with Crippen molar-refractivity contribution < 1.29 is 23.1 Å². The van der Waals surface area contributed by atoms with E-state index in [0.29, 0.717) is 12.8 Å². The number of ether oxygens (including phenoxy) is 1. The molecule has 1 rings (SSSR count). The molecule has 0 radical (unpaired) electrons. The number of amides is 2. The third-order valence-corrected chi connectivity index (χ3v) is 3.58. The molecule has 21 heavy (non-hydrogen) atoms. The molecule has 7 heteroatoms. The Labute approximate surface area is 123 Å². The summed E-state index contributed by atoms with van der Waals surface area (Å²) < 4.78 is 30.6. The predicted molar refractivity (Wildman–Crippen MR) is 74.1 cm³/mol. The second-order valence-corrected chi connectivity index (χ2v) is 6.54. The highest BCUT2D eigenvalue weighted by atomic mass is 19.3. The number of alkyl carbamates (subject to hydrolysis) is 1. The van der Waals surface area contributed by atoms with Crippen LogP contribution < -0.4 is 10.6 Å². The standard InChI is InChI=1S/C14H24F2N2O3/c1-13(2,3)21-12(20)18-9-5-6-14(7-9,8-10(15)16)11(19)17-4/h9-10H,5-8H2,1-4H3,(H,17,19)(H,18,20)/t9-,14-/m1/s1. The molecular weight excluding hydrogens is 282 g/mol. The Morgan fingerprint density at radius 1 is 1.38 bits per heavy atom. The van der Waals surface area contributed by atoms with Crippen LogP contribution in [-0.2, 0) is 9.53 Å². The van der Waals surface area contributed by atoms with Gasteiger partial charge in [-0.05, 0) is 40.0 Å². The van der Waals surface area contributed by atoms with Crippen molar-refractivity contribution in [3.8, 4) is 0 Å². The predicted octanol–water partition coefficient (Wildman–Crippen LogP) is 2.45. The quantitative estimate of drug-likeness (QED) is 0.838. The Hall–Kier alpha value is -1.40. The van der Waals surface area contributed by atoms with Crippen molar-refractivity contribution in [1.29, 1.82) is 0 Å². The van der Waals surface area contributed by atoms with E-state index < -0.39 is 35.9 Å². The molecule has 2 atom stereocenters. The minimum atomic E-state index is -2.55. The van der Waals surface area contributed by atoms with Crippen molar-refractivity contribution in [2.75, 3.05) is 7.05 Å². The van der Waals surface area contributed by atoms with Crippen molar-refractivity contribution in [1.82, 2.24) is 10.6 Å². The summed E-state index contributed by atoms with van der Waals surface area (Å²) in [6, 6.07) is -0.323. The van der Waals surface area contributed by atoms with Crippen molar-refractivity contribution in [3.63, 3.8) is 0 Å². The van der Waals surface area contributed by atoms with Crippen LogP contribution in [0.2, 0.25) is 0 Å². The molecule has 2 N–H and O–H groups in total. The first-order valence-corrected chi connectivity index (χ1v) is 7.08. The molecule has 0 aromatic rings. The normalized spacial score (nSPS) is 25.8. The maximum absolute atomic E-state index is 12.7. The molecule has 0 saturated heterocycles. The zero-order valence-corrected chi connectivity index (χ0v) is 13.0. The fourth-order valence-electron chi connectivity index (χ4n) is 2.77.